The summed E-state index contributed by atoms with van der Waals surface area (Å²) in [6.07, 6.45) is 5.72. The van der Waals surface area contributed by atoms with Crippen LogP contribution in [-0.2, 0) is 0 Å². The summed E-state index contributed by atoms with van der Waals surface area (Å²) in [7, 11) is 0. The van der Waals surface area contributed by atoms with E-state index in [9.17, 15) is 0 Å². The van der Waals surface area contributed by atoms with Crippen molar-refractivity contribution in [2.75, 3.05) is 0 Å². The van der Waals surface area contributed by atoms with Crippen molar-refractivity contribution in [3.8, 4) is 0 Å². The minimum Gasteiger partial charge on any atom is -0.103 e. The Balaban J connectivity index is -0.000000105. The zero-order valence-electron chi connectivity index (χ0n) is 8.41. The molecule has 0 radical (unpaired) electrons. The number of hydrogen-bond acceptors (Lipinski definition) is 0. The van der Waals surface area contributed by atoms with Gasteiger partial charge in [-0.25, -0.2) is 0 Å². The highest BCUT2D eigenvalue weighted by atomic mass is 13.8. The Hall–Kier alpha value is -0.260. The molecule has 0 rings (SSSR count). The third-order valence-corrected chi connectivity index (χ3v) is 0.762. The molecule has 10 heavy (non-hydrogen) atoms. The number of allylic oxidation sites excluding steroid dienone is 1. The molecule has 0 nitrogen and oxygen atoms in total. The van der Waals surface area contributed by atoms with Crippen LogP contribution in [0.15, 0.2) is 12.7 Å². The van der Waals surface area contributed by atoms with Crippen LogP contribution in [0, 0.1) is 0 Å². The van der Waals surface area contributed by atoms with E-state index in [4.69, 9.17) is 0 Å². The highest BCUT2D eigenvalue weighted by Gasteiger charge is 1.71. The summed E-state index contributed by atoms with van der Waals surface area (Å²) in [5.41, 5.74) is 0. The molecule has 0 saturated heterocycles. The Morgan fingerprint density at radius 1 is 1.10 bits per heavy atom. The molecule has 0 saturated carbocycles. The highest BCUT2D eigenvalue weighted by Crippen LogP contribution is 1.91. The van der Waals surface area contributed by atoms with Gasteiger partial charge in [0.2, 0.25) is 0 Å². The molecule has 0 aromatic rings. The number of rotatable bonds is 3. The summed E-state index contributed by atoms with van der Waals surface area (Å²) in [5, 5.41) is 0. The van der Waals surface area contributed by atoms with Crippen molar-refractivity contribution >= 4 is 0 Å². The first-order valence-corrected chi connectivity index (χ1v) is 4.52. The first-order chi connectivity index (χ1) is 4.91. The zero-order valence-corrected chi connectivity index (χ0v) is 8.41. The average molecular weight is 144 g/mol. The Kier molecular flexibility index (Phi) is 61.3. The Labute approximate surface area is 67.3 Å². The van der Waals surface area contributed by atoms with E-state index in [1.165, 1.54) is 19.3 Å². The molecular weight excluding hydrogens is 120 g/mol. The molecule has 0 aromatic heterocycles. The zero-order chi connectivity index (χ0) is 8.83. The summed E-state index contributed by atoms with van der Waals surface area (Å²) in [6, 6.07) is 0. The fourth-order valence-electron chi connectivity index (χ4n) is 0.348. The number of hydrogen-bond donors (Lipinski definition) is 0. The van der Waals surface area contributed by atoms with Gasteiger partial charge in [-0.3, -0.25) is 0 Å². The van der Waals surface area contributed by atoms with Crippen LogP contribution < -0.4 is 0 Å². The van der Waals surface area contributed by atoms with Gasteiger partial charge in [0.15, 0.2) is 0 Å². The molecule has 0 aliphatic carbocycles. The topological polar surface area (TPSA) is 0 Å². The third kappa shape index (κ3) is 46.8. The van der Waals surface area contributed by atoms with Crippen LogP contribution in [-0.4, -0.2) is 0 Å². The first-order valence-electron chi connectivity index (χ1n) is 4.52. The minimum atomic E-state index is 1.18. The fraction of sp³-hybridized carbons (Fsp3) is 0.800. The van der Waals surface area contributed by atoms with Crippen molar-refractivity contribution < 1.29 is 0 Å². The lowest BCUT2D eigenvalue weighted by atomic mass is 10.3. The van der Waals surface area contributed by atoms with E-state index >= 15 is 0 Å². The van der Waals surface area contributed by atoms with Crippen LogP contribution >= 0.6 is 0 Å². The van der Waals surface area contributed by atoms with Crippen LogP contribution in [0.4, 0.5) is 0 Å². The highest BCUT2D eigenvalue weighted by molar-refractivity contribution is 4.64. The molecule has 64 valence electrons. The first kappa shape index (κ1) is 16.4. The molecule has 0 N–H and O–H groups in total. The van der Waals surface area contributed by atoms with Gasteiger partial charge in [0, 0.05) is 0 Å². The predicted molar refractivity (Wildman–Crippen MR) is 52.4 cm³/mol. The van der Waals surface area contributed by atoms with Gasteiger partial charge in [-0.15, -0.1) is 6.58 Å². The van der Waals surface area contributed by atoms with Gasteiger partial charge in [-0.1, -0.05) is 53.5 Å². The van der Waals surface area contributed by atoms with Gasteiger partial charge in [0.1, 0.15) is 0 Å². The van der Waals surface area contributed by atoms with Crippen LogP contribution in [0.1, 0.15) is 53.9 Å². The standard InChI is InChI=1S/C6H12.2C2H6/c1-3-5-6-4-2;2*1-2/h3H,1,4-6H2,2H3;2*1-2H3. The van der Waals surface area contributed by atoms with Crippen LogP contribution in [0.5, 0.6) is 0 Å². The fourth-order valence-corrected chi connectivity index (χ4v) is 0.348. The second-order valence-corrected chi connectivity index (χ2v) is 1.43. The molecule has 0 heterocycles. The van der Waals surface area contributed by atoms with E-state index in [0.717, 1.165) is 0 Å². The maximum absolute atomic E-state index is 3.60. The normalized spacial score (nSPS) is 6.10. The van der Waals surface area contributed by atoms with Crippen molar-refractivity contribution in [3.05, 3.63) is 12.7 Å². The predicted octanol–water partition coefficient (Wildman–Crippen LogP) is 4.42. The SMILES string of the molecule is C=CCCCC.CC.CC. The quantitative estimate of drug-likeness (QED) is 0.406. The van der Waals surface area contributed by atoms with Gasteiger partial charge in [0.25, 0.3) is 0 Å². The molecule has 0 bridgehead atoms. The van der Waals surface area contributed by atoms with Crippen LogP contribution in [0.2, 0.25) is 0 Å². The van der Waals surface area contributed by atoms with Crippen LogP contribution in [0.25, 0.3) is 0 Å². The maximum Gasteiger partial charge on any atom is -0.0354 e. The Bertz CT molecular complexity index is 29.0. The monoisotopic (exact) mass is 144 g/mol. The largest absolute Gasteiger partial charge is 0.103 e. The second-order valence-electron chi connectivity index (χ2n) is 1.43. The summed E-state index contributed by atoms with van der Waals surface area (Å²) in [5.74, 6) is 0. The van der Waals surface area contributed by atoms with Crippen LogP contribution in [0.3, 0.4) is 0 Å². The summed E-state index contributed by atoms with van der Waals surface area (Å²) in [4.78, 5) is 0. The van der Waals surface area contributed by atoms with Crippen molar-refractivity contribution in [1.29, 1.82) is 0 Å². The summed E-state index contributed by atoms with van der Waals surface area (Å²) in [6.45, 7) is 13.8. The van der Waals surface area contributed by atoms with Crippen molar-refractivity contribution in [1.82, 2.24) is 0 Å². The van der Waals surface area contributed by atoms with Gasteiger partial charge in [-0.05, 0) is 6.42 Å². The van der Waals surface area contributed by atoms with E-state index in [0.29, 0.717) is 0 Å². The lowest BCUT2D eigenvalue weighted by molar-refractivity contribution is 0.816. The molecule has 0 aliphatic rings. The molecular formula is C10H24. The van der Waals surface area contributed by atoms with E-state index in [1.807, 2.05) is 33.8 Å². The Morgan fingerprint density at radius 3 is 1.60 bits per heavy atom. The van der Waals surface area contributed by atoms with E-state index in [-0.39, 0.29) is 0 Å². The summed E-state index contributed by atoms with van der Waals surface area (Å²) < 4.78 is 0. The van der Waals surface area contributed by atoms with Gasteiger partial charge < -0.3 is 0 Å². The van der Waals surface area contributed by atoms with Crippen molar-refractivity contribution in [2.24, 2.45) is 0 Å². The van der Waals surface area contributed by atoms with Gasteiger partial charge in [-0.2, -0.15) is 0 Å². The van der Waals surface area contributed by atoms with Gasteiger partial charge >= 0.3 is 0 Å². The number of unbranched alkanes of at least 4 members (excludes halogenated alkanes) is 2. The smallest absolute Gasteiger partial charge is 0.0354 e. The molecule has 0 aromatic carbocycles. The molecule has 0 fully saturated rings. The average Bonchev–Trinajstić information content (AvgIpc) is 2.08. The van der Waals surface area contributed by atoms with E-state index in [2.05, 4.69) is 13.5 Å². The third-order valence-electron chi connectivity index (χ3n) is 0.762. The van der Waals surface area contributed by atoms with E-state index in [1.54, 1.807) is 0 Å². The lowest BCUT2D eigenvalue weighted by Crippen LogP contribution is -1.61. The molecule has 0 heteroatoms. The van der Waals surface area contributed by atoms with Crippen molar-refractivity contribution in [2.45, 2.75) is 53.9 Å². The summed E-state index contributed by atoms with van der Waals surface area (Å²) >= 11 is 0. The molecule has 0 unspecified atom stereocenters. The molecule has 0 aliphatic heterocycles. The molecule has 0 amide bonds. The lowest BCUT2D eigenvalue weighted by Gasteiger charge is -1.81. The molecule has 0 atom stereocenters. The van der Waals surface area contributed by atoms with Crippen molar-refractivity contribution in [3.63, 3.8) is 0 Å². The minimum absolute atomic E-state index is 1.18. The van der Waals surface area contributed by atoms with Gasteiger partial charge in [0.05, 0.1) is 0 Å². The Morgan fingerprint density at radius 2 is 1.50 bits per heavy atom. The maximum atomic E-state index is 3.60. The molecule has 0 spiro atoms. The second kappa shape index (κ2) is 37.4. The van der Waals surface area contributed by atoms with E-state index < -0.39 is 0 Å².